The smallest absolute Gasteiger partial charge is 0.308 e. The molecular formula is C25H24N6O2S. The van der Waals surface area contributed by atoms with Crippen LogP contribution >= 0.6 is 11.8 Å². The van der Waals surface area contributed by atoms with Gasteiger partial charge in [-0.15, -0.1) is 10.2 Å². The Morgan fingerprint density at radius 2 is 1.76 bits per heavy atom. The molecule has 3 amide bonds. The Bertz CT molecular complexity index is 1340. The molecule has 0 atom stereocenters. The van der Waals surface area contributed by atoms with Gasteiger partial charge >= 0.3 is 6.03 Å². The number of rotatable bonds is 6. The first kappa shape index (κ1) is 23.2. The standard InChI is InChI=1S/C25H24N6O2S/c1-16-10-11-20(13-18(16)3)27-24(33)28-22(32)15-34-25-30-29-23(19-8-6-12-26-14-19)31(25)21-9-5-4-7-17(21)2/h4-14H,15H2,1-3H3,(H2,27,28,32,33). The third-order valence-corrected chi connectivity index (χ3v) is 6.19. The number of pyridine rings is 1. The number of nitrogens with zero attached hydrogens (tertiary/aromatic N) is 4. The van der Waals surface area contributed by atoms with Gasteiger partial charge in [0, 0.05) is 23.6 Å². The van der Waals surface area contributed by atoms with Crippen molar-refractivity contribution < 1.29 is 9.59 Å². The Morgan fingerprint density at radius 1 is 0.941 bits per heavy atom. The van der Waals surface area contributed by atoms with Crippen LogP contribution in [0.3, 0.4) is 0 Å². The summed E-state index contributed by atoms with van der Waals surface area (Å²) < 4.78 is 1.90. The minimum Gasteiger partial charge on any atom is -0.308 e. The van der Waals surface area contributed by atoms with E-state index in [0.29, 0.717) is 16.7 Å². The molecule has 2 aromatic carbocycles. The molecule has 0 unspecified atom stereocenters. The zero-order valence-corrected chi connectivity index (χ0v) is 19.9. The molecule has 4 aromatic rings. The van der Waals surface area contributed by atoms with Gasteiger partial charge in [0.15, 0.2) is 11.0 Å². The summed E-state index contributed by atoms with van der Waals surface area (Å²) in [6.45, 7) is 5.96. The summed E-state index contributed by atoms with van der Waals surface area (Å²) in [5, 5.41) is 14.3. The number of hydrogen-bond acceptors (Lipinski definition) is 6. The molecule has 0 fully saturated rings. The maximum absolute atomic E-state index is 12.5. The van der Waals surface area contributed by atoms with Gasteiger partial charge in [-0.1, -0.05) is 36.0 Å². The average Bonchev–Trinajstić information content (AvgIpc) is 3.24. The van der Waals surface area contributed by atoms with Gasteiger partial charge in [0.25, 0.3) is 0 Å². The lowest BCUT2D eigenvalue weighted by molar-refractivity contribution is -0.117. The molecular weight excluding hydrogens is 448 g/mol. The summed E-state index contributed by atoms with van der Waals surface area (Å²) in [6.07, 6.45) is 3.41. The number of carbonyl (C=O) groups is 2. The van der Waals surface area contributed by atoms with Crippen LogP contribution in [0.4, 0.5) is 10.5 Å². The van der Waals surface area contributed by atoms with Gasteiger partial charge < -0.3 is 5.32 Å². The Hall–Kier alpha value is -3.98. The fraction of sp³-hybridized carbons (Fsp3) is 0.160. The molecule has 9 heteroatoms. The summed E-state index contributed by atoms with van der Waals surface area (Å²) >= 11 is 1.20. The molecule has 2 N–H and O–H groups in total. The number of benzene rings is 2. The van der Waals surface area contributed by atoms with Gasteiger partial charge in [0.05, 0.1) is 11.4 Å². The van der Waals surface area contributed by atoms with Crippen molar-refractivity contribution in [3.8, 4) is 17.1 Å². The molecule has 2 heterocycles. The molecule has 8 nitrogen and oxygen atoms in total. The van der Waals surface area contributed by atoms with Crippen LogP contribution in [0.1, 0.15) is 16.7 Å². The number of urea groups is 1. The maximum atomic E-state index is 12.5. The van der Waals surface area contributed by atoms with Crippen LogP contribution in [0.15, 0.2) is 72.1 Å². The quantitative estimate of drug-likeness (QED) is 0.395. The zero-order valence-electron chi connectivity index (χ0n) is 19.1. The summed E-state index contributed by atoms with van der Waals surface area (Å²) in [5.41, 5.74) is 5.55. The van der Waals surface area contributed by atoms with E-state index < -0.39 is 11.9 Å². The lowest BCUT2D eigenvalue weighted by Gasteiger charge is -2.13. The van der Waals surface area contributed by atoms with E-state index in [0.717, 1.165) is 27.9 Å². The molecule has 0 saturated heterocycles. The number of hydrogen-bond donors (Lipinski definition) is 2. The second-order valence-corrected chi connectivity index (χ2v) is 8.70. The molecule has 2 aromatic heterocycles. The molecule has 0 aliphatic carbocycles. The highest BCUT2D eigenvalue weighted by Gasteiger charge is 2.19. The summed E-state index contributed by atoms with van der Waals surface area (Å²) in [6, 6.07) is 16.6. The highest BCUT2D eigenvalue weighted by atomic mass is 32.2. The van der Waals surface area contributed by atoms with Crippen molar-refractivity contribution in [2.75, 3.05) is 11.1 Å². The van der Waals surface area contributed by atoms with E-state index in [1.54, 1.807) is 18.5 Å². The van der Waals surface area contributed by atoms with Crippen molar-refractivity contribution in [2.45, 2.75) is 25.9 Å². The molecule has 0 saturated carbocycles. The molecule has 0 aliphatic rings. The van der Waals surface area contributed by atoms with Crippen molar-refractivity contribution >= 4 is 29.4 Å². The molecule has 34 heavy (non-hydrogen) atoms. The second kappa shape index (κ2) is 10.3. The van der Waals surface area contributed by atoms with Gasteiger partial charge in [-0.05, 0) is 67.8 Å². The van der Waals surface area contributed by atoms with E-state index >= 15 is 0 Å². The number of para-hydroxylation sites is 1. The van der Waals surface area contributed by atoms with Crippen molar-refractivity contribution in [3.05, 3.63) is 83.7 Å². The number of nitrogens with one attached hydrogen (secondary N) is 2. The minimum absolute atomic E-state index is 0.00258. The zero-order chi connectivity index (χ0) is 24.1. The number of aromatic nitrogens is 4. The fourth-order valence-corrected chi connectivity index (χ4v) is 4.10. The van der Waals surface area contributed by atoms with Crippen molar-refractivity contribution in [1.29, 1.82) is 0 Å². The number of anilines is 1. The van der Waals surface area contributed by atoms with Crippen molar-refractivity contribution in [3.63, 3.8) is 0 Å². The highest BCUT2D eigenvalue weighted by Crippen LogP contribution is 2.29. The predicted molar refractivity (Wildman–Crippen MR) is 133 cm³/mol. The normalized spacial score (nSPS) is 10.7. The van der Waals surface area contributed by atoms with Gasteiger partial charge in [0.1, 0.15) is 0 Å². The Morgan fingerprint density at radius 3 is 2.50 bits per heavy atom. The van der Waals surface area contributed by atoms with Crippen LogP contribution in [0.25, 0.3) is 17.1 Å². The number of imide groups is 1. The van der Waals surface area contributed by atoms with Crippen LogP contribution in [-0.4, -0.2) is 37.4 Å². The predicted octanol–water partition coefficient (Wildman–Crippen LogP) is 4.69. The van der Waals surface area contributed by atoms with Crippen LogP contribution in [-0.2, 0) is 4.79 Å². The minimum atomic E-state index is -0.578. The average molecular weight is 473 g/mol. The fourth-order valence-electron chi connectivity index (χ4n) is 3.35. The van der Waals surface area contributed by atoms with Crippen LogP contribution in [0.2, 0.25) is 0 Å². The molecule has 172 valence electrons. The molecule has 0 bridgehead atoms. The number of thioether (sulfide) groups is 1. The molecule has 0 spiro atoms. The van der Waals surface area contributed by atoms with Gasteiger partial charge in [-0.25, -0.2) is 4.79 Å². The SMILES string of the molecule is Cc1ccc(NC(=O)NC(=O)CSc2nnc(-c3cccnc3)n2-c2ccccc2C)cc1C. The van der Waals surface area contributed by atoms with E-state index in [-0.39, 0.29) is 5.75 Å². The largest absolute Gasteiger partial charge is 0.325 e. The van der Waals surface area contributed by atoms with E-state index in [9.17, 15) is 9.59 Å². The summed E-state index contributed by atoms with van der Waals surface area (Å²) in [5.74, 6) is 0.184. The van der Waals surface area contributed by atoms with Crippen LogP contribution in [0.5, 0.6) is 0 Å². The van der Waals surface area contributed by atoms with E-state index in [4.69, 9.17) is 0 Å². The molecule has 4 rings (SSSR count). The van der Waals surface area contributed by atoms with Gasteiger partial charge in [-0.3, -0.25) is 19.7 Å². The number of aryl methyl sites for hydroxylation is 3. The van der Waals surface area contributed by atoms with Crippen LogP contribution in [0, 0.1) is 20.8 Å². The lowest BCUT2D eigenvalue weighted by atomic mass is 10.1. The second-order valence-electron chi connectivity index (χ2n) is 7.76. The van der Waals surface area contributed by atoms with Crippen molar-refractivity contribution in [2.24, 2.45) is 0 Å². The van der Waals surface area contributed by atoms with E-state index in [2.05, 4.69) is 25.8 Å². The highest BCUT2D eigenvalue weighted by molar-refractivity contribution is 7.99. The number of amides is 3. The summed E-state index contributed by atoms with van der Waals surface area (Å²) in [7, 11) is 0. The molecule has 0 aliphatic heterocycles. The maximum Gasteiger partial charge on any atom is 0.325 e. The molecule has 0 radical (unpaired) electrons. The monoisotopic (exact) mass is 472 g/mol. The number of carbonyl (C=O) groups excluding carboxylic acids is 2. The van der Waals surface area contributed by atoms with Crippen molar-refractivity contribution in [1.82, 2.24) is 25.1 Å². The third-order valence-electron chi connectivity index (χ3n) is 5.26. The Kier molecular flexibility index (Phi) is 7.03. The third kappa shape index (κ3) is 5.32. The first-order valence-electron chi connectivity index (χ1n) is 10.6. The van der Waals surface area contributed by atoms with Gasteiger partial charge in [-0.2, -0.15) is 0 Å². The first-order valence-corrected chi connectivity index (χ1v) is 11.6. The van der Waals surface area contributed by atoms with Crippen LogP contribution < -0.4 is 10.6 Å². The van der Waals surface area contributed by atoms with E-state index in [1.807, 2.05) is 73.9 Å². The Labute approximate surface area is 201 Å². The Balaban J connectivity index is 1.49. The topological polar surface area (TPSA) is 102 Å². The summed E-state index contributed by atoms with van der Waals surface area (Å²) in [4.78, 5) is 28.9. The first-order chi connectivity index (χ1) is 16.4. The van der Waals surface area contributed by atoms with E-state index in [1.165, 1.54) is 11.8 Å². The lowest BCUT2D eigenvalue weighted by Crippen LogP contribution is -2.35. The van der Waals surface area contributed by atoms with Gasteiger partial charge in [0.2, 0.25) is 5.91 Å².